The summed E-state index contributed by atoms with van der Waals surface area (Å²) in [5.41, 5.74) is -2.42. The van der Waals surface area contributed by atoms with Gasteiger partial charge in [0.15, 0.2) is 0 Å². The zero-order chi connectivity index (χ0) is 20.0. The highest BCUT2D eigenvalue weighted by molar-refractivity contribution is 5.76. The largest absolute Gasteiger partial charge is 0.422 e. The molecule has 0 aromatic carbocycles. The standard InChI is InChI=1S/C18H27F3N4O2/c1-3-5-10-25(9-4-2)11-8-14(26)22-13-7-6-12-15(18(19,20)21)17(27)24-23-16(12)13/h13H,3-11H2,1-2H3,(H,22,26)(H,24,27). The number of halogens is 3. The highest BCUT2D eigenvalue weighted by Crippen LogP contribution is 2.37. The van der Waals surface area contributed by atoms with Crippen LogP contribution >= 0.6 is 0 Å². The highest BCUT2D eigenvalue weighted by Gasteiger charge is 2.41. The maximum Gasteiger partial charge on any atom is 0.422 e. The van der Waals surface area contributed by atoms with Gasteiger partial charge in [0, 0.05) is 13.0 Å². The fourth-order valence-electron chi connectivity index (χ4n) is 3.47. The monoisotopic (exact) mass is 388 g/mol. The summed E-state index contributed by atoms with van der Waals surface area (Å²) in [4.78, 5) is 26.1. The topological polar surface area (TPSA) is 78.1 Å². The van der Waals surface area contributed by atoms with Crippen molar-refractivity contribution in [2.24, 2.45) is 0 Å². The number of rotatable bonds is 9. The van der Waals surface area contributed by atoms with Crippen molar-refractivity contribution < 1.29 is 18.0 Å². The van der Waals surface area contributed by atoms with E-state index in [1.807, 2.05) is 5.10 Å². The van der Waals surface area contributed by atoms with Crippen LogP contribution in [0.25, 0.3) is 0 Å². The van der Waals surface area contributed by atoms with Gasteiger partial charge in [0.1, 0.15) is 5.56 Å². The summed E-state index contributed by atoms with van der Waals surface area (Å²) in [7, 11) is 0. The van der Waals surface area contributed by atoms with Crippen molar-refractivity contribution in [1.29, 1.82) is 0 Å². The van der Waals surface area contributed by atoms with Crippen LogP contribution in [0.1, 0.15) is 68.8 Å². The summed E-state index contributed by atoms with van der Waals surface area (Å²) < 4.78 is 39.4. The second-order valence-electron chi connectivity index (χ2n) is 6.89. The number of amides is 1. The maximum atomic E-state index is 13.1. The van der Waals surface area contributed by atoms with Crippen LogP contribution in [-0.4, -0.2) is 40.6 Å². The highest BCUT2D eigenvalue weighted by atomic mass is 19.4. The molecule has 0 fully saturated rings. The fraction of sp³-hybridized carbons (Fsp3) is 0.722. The number of nitrogens with one attached hydrogen (secondary N) is 2. The average molecular weight is 388 g/mol. The van der Waals surface area contributed by atoms with E-state index >= 15 is 0 Å². The van der Waals surface area contributed by atoms with E-state index in [-0.39, 0.29) is 30.0 Å². The number of H-pyrrole nitrogens is 1. The summed E-state index contributed by atoms with van der Waals surface area (Å²) in [5, 5.41) is 8.45. The van der Waals surface area contributed by atoms with E-state index in [4.69, 9.17) is 0 Å². The van der Waals surface area contributed by atoms with Crippen molar-refractivity contribution in [2.45, 2.75) is 64.6 Å². The summed E-state index contributed by atoms with van der Waals surface area (Å²) >= 11 is 0. The summed E-state index contributed by atoms with van der Waals surface area (Å²) in [6.45, 7) is 6.66. The molecule has 0 spiro atoms. The van der Waals surface area contributed by atoms with Gasteiger partial charge in [-0.3, -0.25) is 9.59 Å². The lowest BCUT2D eigenvalue weighted by atomic mass is 10.1. The zero-order valence-corrected chi connectivity index (χ0v) is 15.8. The SMILES string of the molecule is CCCCN(CCC)CCC(=O)NC1CCc2c1n[nH]c(=O)c2C(F)(F)F. The lowest BCUT2D eigenvalue weighted by Crippen LogP contribution is -2.34. The van der Waals surface area contributed by atoms with E-state index in [2.05, 4.69) is 29.2 Å². The van der Waals surface area contributed by atoms with Gasteiger partial charge in [-0.25, -0.2) is 5.10 Å². The molecule has 1 aromatic heterocycles. The Labute approximate surface area is 156 Å². The van der Waals surface area contributed by atoms with Gasteiger partial charge in [0.25, 0.3) is 5.56 Å². The van der Waals surface area contributed by atoms with Gasteiger partial charge in [0.2, 0.25) is 5.91 Å². The van der Waals surface area contributed by atoms with Crippen molar-refractivity contribution in [1.82, 2.24) is 20.4 Å². The Hall–Kier alpha value is -1.90. The molecule has 1 aromatic rings. The number of alkyl halides is 3. The molecule has 0 saturated heterocycles. The van der Waals surface area contributed by atoms with Crippen LogP contribution in [0, 0.1) is 0 Å². The molecule has 1 heterocycles. The van der Waals surface area contributed by atoms with Gasteiger partial charge in [-0.15, -0.1) is 0 Å². The molecular formula is C18H27F3N4O2. The number of carbonyl (C=O) groups is 1. The van der Waals surface area contributed by atoms with E-state index in [1.165, 1.54) is 0 Å². The number of hydrogen-bond donors (Lipinski definition) is 2. The molecule has 1 atom stereocenters. The minimum Gasteiger partial charge on any atom is -0.348 e. The third-order valence-corrected chi connectivity index (χ3v) is 4.77. The molecule has 0 radical (unpaired) electrons. The second-order valence-corrected chi connectivity index (χ2v) is 6.89. The van der Waals surface area contributed by atoms with Gasteiger partial charge in [-0.2, -0.15) is 18.3 Å². The summed E-state index contributed by atoms with van der Waals surface area (Å²) in [6.07, 6.45) is -0.928. The first-order valence-electron chi connectivity index (χ1n) is 9.48. The van der Waals surface area contributed by atoms with Gasteiger partial charge >= 0.3 is 6.18 Å². The normalized spacial score (nSPS) is 16.6. The van der Waals surface area contributed by atoms with Crippen LogP contribution < -0.4 is 10.9 Å². The van der Waals surface area contributed by atoms with E-state index in [1.54, 1.807) is 0 Å². The first-order valence-corrected chi connectivity index (χ1v) is 9.48. The molecule has 27 heavy (non-hydrogen) atoms. The minimum absolute atomic E-state index is 0.0739. The fourth-order valence-corrected chi connectivity index (χ4v) is 3.47. The quantitative estimate of drug-likeness (QED) is 0.682. The Balaban J connectivity index is 2.00. The van der Waals surface area contributed by atoms with Crippen LogP contribution in [0.2, 0.25) is 0 Å². The molecule has 6 nitrogen and oxygen atoms in total. The molecule has 1 aliphatic rings. The third kappa shape index (κ3) is 5.54. The molecule has 2 N–H and O–H groups in total. The molecule has 1 unspecified atom stereocenters. The van der Waals surface area contributed by atoms with Gasteiger partial charge in [0.05, 0.1) is 11.7 Å². The smallest absolute Gasteiger partial charge is 0.348 e. The number of carbonyl (C=O) groups excluding carboxylic acids is 1. The summed E-state index contributed by atoms with van der Waals surface area (Å²) in [6, 6.07) is -0.597. The van der Waals surface area contributed by atoms with E-state index in [0.29, 0.717) is 13.0 Å². The Morgan fingerprint density at radius 1 is 1.26 bits per heavy atom. The number of aromatic amines is 1. The van der Waals surface area contributed by atoms with Gasteiger partial charge in [-0.05, 0) is 44.3 Å². The van der Waals surface area contributed by atoms with Gasteiger partial charge in [-0.1, -0.05) is 20.3 Å². The van der Waals surface area contributed by atoms with Crippen LogP contribution in [0.15, 0.2) is 4.79 Å². The van der Waals surface area contributed by atoms with Crippen LogP contribution in [0.3, 0.4) is 0 Å². The molecule has 1 amide bonds. The van der Waals surface area contributed by atoms with Crippen molar-refractivity contribution in [3.8, 4) is 0 Å². The minimum atomic E-state index is -4.74. The van der Waals surface area contributed by atoms with E-state index in [0.717, 1.165) is 32.4 Å². The van der Waals surface area contributed by atoms with Gasteiger partial charge < -0.3 is 10.2 Å². The van der Waals surface area contributed by atoms with Crippen LogP contribution in [0.4, 0.5) is 13.2 Å². The van der Waals surface area contributed by atoms with E-state index in [9.17, 15) is 22.8 Å². The number of aromatic nitrogens is 2. The molecule has 2 rings (SSSR count). The Morgan fingerprint density at radius 2 is 2.00 bits per heavy atom. The lowest BCUT2D eigenvalue weighted by Gasteiger charge is -2.21. The maximum absolute atomic E-state index is 13.1. The molecule has 0 saturated carbocycles. The number of fused-ring (bicyclic) bond motifs is 1. The number of hydrogen-bond acceptors (Lipinski definition) is 4. The molecule has 0 aliphatic heterocycles. The number of unbranched alkanes of at least 4 members (excludes halogenated alkanes) is 1. The Kier molecular flexibility index (Phi) is 7.41. The molecule has 152 valence electrons. The third-order valence-electron chi connectivity index (χ3n) is 4.77. The summed E-state index contributed by atoms with van der Waals surface area (Å²) in [5.74, 6) is -0.216. The van der Waals surface area contributed by atoms with Crippen molar-refractivity contribution in [3.05, 3.63) is 27.2 Å². The zero-order valence-electron chi connectivity index (χ0n) is 15.8. The Bertz CT molecular complexity index is 703. The predicted octanol–water partition coefficient (Wildman–Crippen LogP) is 2.79. The van der Waals surface area contributed by atoms with Crippen LogP contribution in [0.5, 0.6) is 0 Å². The second kappa shape index (κ2) is 9.34. The van der Waals surface area contributed by atoms with Crippen LogP contribution in [-0.2, 0) is 17.4 Å². The molecule has 9 heteroatoms. The molecule has 1 aliphatic carbocycles. The van der Waals surface area contributed by atoms with E-state index < -0.39 is 23.3 Å². The first-order chi connectivity index (χ1) is 12.8. The van der Waals surface area contributed by atoms with Crippen molar-refractivity contribution in [3.63, 3.8) is 0 Å². The number of nitrogens with zero attached hydrogens (tertiary/aromatic N) is 2. The lowest BCUT2D eigenvalue weighted by molar-refractivity contribution is -0.139. The molecular weight excluding hydrogens is 361 g/mol. The van der Waals surface area contributed by atoms with Crippen molar-refractivity contribution >= 4 is 5.91 Å². The first kappa shape index (κ1) is 21.4. The average Bonchev–Trinajstić information content (AvgIpc) is 2.98. The predicted molar refractivity (Wildman–Crippen MR) is 95.3 cm³/mol. The Morgan fingerprint density at radius 3 is 2.63 bits per heavy atom. The molecule has 0 bridgehead atoms. The van der Waals surface area contributed by atoms with Crippen molar-refractivity contribution in [2.75, 3.05) is 19.6 Å².